The number of rotatable bonds is 6. The van der Waals surface area contributed by atoms with E-state index in [0.717, 1.165) is 54.3 Å². The Morgan fingerprint density at radius 2 is 1.97 bits per heavy atom. The van der Waals surface area contributed by atoms with Gasteiger partial charge in [0.2, 0.25) is 0 Å². The van der Waals surface area contributed by atoms with Crippen LogP contribution in [-0.2, 0) is 6.54 Å². The van der Waals surface area contributed by atoms with Crippen LogP contribution in [0.4, 0.5) is 5.82 Å². The summed E-state index contributed by atoms with van der Waals surface area (Å²) in [6.45, 7) is 11.7. The summed E-state index contributed by atoms with van der Waals surface area (Å²) in [5.41, 5.74) is 3.68. The van der Waals surface area contributed by atoms with Crippen LogP contribution in [-0.4, -0.2) is 51.0 Å². The second-order valence-corrected chi connectivity index (χ2v) is 8.45. The van der Waals surface area contributed by atoms with E-state index in [2.05, 4.69) is 39.5 Å². The number of fused-ring (bicyclic) bond motifs is 1. The van der Waals surface area contributed by atoms with E-state index in [1.807, 2.05) is 30.7 Å². The summed E-state index contributed by atoms with van der Waals surface area (Å²) in [4.78, 5) is 22.3. The fourth-order valence-corrected chi connectivity index (χ4v) is 4.10. The molecule has 1 aliphatic heterocycles. The summed E-state index contributed by atoms with van der Waals surface area (Å²) < 4.78 is 1.88. The zero-order chi connectivity index (χ0) is 22.1. The molecule has 1 unspecified atom stereocenters. The molecule has 4 rings (SSSR count). The molecule has 0 spiro atoms. The van der Waals surface area contributed by atoms with E-state index in [4.69, 9.17) is 4.98 Å². The number of aliphatic hydroxyl groups excluding tert-OH is 1. The molecule has 0 saturated carbocycles. The minimum Gasteiger partial charge on any atom is -0.374 e. The van der Waals surface area contributed by atoms with Crippen LogP contribution in [0.3, 0.4) is 0 Å². The number of nitrogens with one attached hydrogen (secondary N) is 3. The van der Waals surface area contributed by atoms with Crippen molar-refractivity contribution in [2.24, 2.45) is 0 Å². The lowest BCUT2D eigenvalue weighted by Gasteiger charge is -2.29. The number of pyridine rings is 2. The van der Waals surface area contributed by atoms with Gasteiger partial charge in [-0.15, -0.1) is 0 Å². The van der Waals surface area contributed by atoms with Crippen molar-refractivity contribution in [2.45, 2.75) is 46.5 Å². The van der Waals surface area contributed by atoms with Crippen LogP contribution >= 0.6 is 0 Å². The monoisotopic (exact) mass is 425 g/mol. The topological polar surface area (TPSA) is 111 Å². The Bertz CT molecular complexity index is 1130. The van der Waals surface area contributed by atoms with E-state index < -0.39 is 6.23 Å². The number of piperazine rings is 1. The van der Waals surface area contributed by atoms with Crippen LogP contribution in [0.1, 0.15) is 48.5 Å². The van der Waals surface area contributed by atoms with Crippen molar-refractivity contribution in [3.63, 3.8) is 0 Å². The SMILES string of the molecule is Cc1cc(C)c(CNC(O)c2cc(N3CCNCC3)nc3c2cnn3C(C)C)c(=O)[nH]1. The molecule has 9 nitrogen and oxygen atoms in total. The van der Waals surface area contributed by atoms with Crippen molar-refractivity contribution in [2.75, 3.05) is 31.1 Å². The number of H-pyrrole nitrogens is 1. The van der Waals surface area contributed by atoms with Gasteiger partial charge in [-0.1, -0.05) is 0 Å². The molecule has 0 bridgehead atoms. The summed E-state index contributed by atoms with van der Waals surface area (Å²) in [5.74, 6) is 0.830. The van der Waals surface area contributed by atoms with E-state index in [-0.39, 0.29) is 18.1 Å². The Morgan fingerprint density at radius 3 is 2.65 bits per heavy atom. The number of aliphatic hydroxyl groups is 1. The number of anilines is 1. The van der Waals surface area contributed by atoms with Crippen LogP contribution in [0.5, 0.6) is 0 Å². The van der Waals surface area contributed by atoms with Gasteiger partial charge in [-0.05, 0) is 45.4 Å². The predicted molar refractivity (Wildman–Crippen MR) is 121 cm³/mol. The summed E-state index contributed by atoms with van der Waals surface area (Å²) in [7, 11) is 0. The quantitative estimate of drug-likeness (QED) is 0.443. The smallest absolute Gasteiger partial charge is 0.252 e. The van der Waals surface area contributed by atoms with Crippen LogP contribution in [0, 0.1) is 13.8 Å². The van der Waals surface area contributed by atoms with E-state index in [1.165, 1.54) is 0 Å². The van der Waals surface area contributed by atoms with Crippen LogP contribution in [0.15, 0.2) is 23.1 Å². The molecule has 1 fully saturated rings. The van der Waals surface area contributed by atoms with Gasteiger partial charge in [0, 0.05) is 61.0 Å². The summed E-state index contributed by atoms with van der Waals surface area (Å²) in [6, 6.07) is 4.02. The van der Waals surface area contributed by atoms with Gasteiger partial charge in [0.05, 0.1) is 6.20 Å². The third-order valence-corrected chi connectivity index (χ3v) is 5.78. The lowest BCUT2D eigenvalue weighted by Crippen LogP contribution is -2.44. The molecule has 31 heavy (non-hydrogen) atoms. The molecule has 0 aromatic carbocycles. The highest BCUT2D eigenvalue weighted by atomic mass is 16.3. The van der Waals surface area contributed by atoms with Crippen LogP contribution in [0.25, 0.3) is 11.0 Å². The molecule has 0 amide bonds. The molecule has 9 heteroatoms. The first-order valence-electron chi connectivity index (χ1n) is 10.8. The molecule has 1 aliphatic rings. The predicted octanol–water partition coefficient (Wildman–Crippen LogP) is 1.51. The summed E-state index contributed by atoms with van der Waals surface area (Å²) in [5, 5.41) is 22.9. The highest BCUT2D eigenvalue weighted by molar-refractivity contribution is 5.81. The largest absolute Gasteiger partial charge is 0.374 e. The van der Waals surface area contributed by atoms with Gasteiger partial charge in [-0.2, -0.15) is 5.10 Å². The van der Waals surface area contributed by atoms with Crippen LogP contribution < -0.4 is 21.1 Å². The number of aromatic amines is 1. The van der Waals surface area contributed by atoms with Crippen molar-refractivity contribution in [1.29, 1.82) is 0 Å². The Balaban J connectivity index is 1.69. The average molecular weight is 426 g/mol. The minimum atomic E-state index is -0.961. The molecule has 4 heterocycles. The zero-order valence-electron chi connectivity index (χ0n) is 18.6. The first kappa shape index (κ1) is 21.5. The molecule has 4 N–H and O–H groups in total. The Hall–Kier alpha value is -2.75. The molecule has 0 aliphatic carbocycles. The summed E-state index contributed by atoms with van der Waals surface area (Å²) in [6.07, 6.45) is 0.797. The van der Waals surface area contributed by atoms with Crippen LogP contribution in [0.2, 0.25) is 0 Å². The van der Waals surface area contributed by atoms with Gasteiger partial charge in [0.25, 0.3) is 5.56 Å². The van der Waals surface area contributed by atoms with Gasteiger partial charge in [-0.25, -0.2) is 9.67 Å². The Labute approximate surface area is 181 Å². The summed E-state index contributed by atoms with van der Waals surface area (Å²) >= 11 is 0. The van der Waals surface area contributed by atoms with Gasteiger partial charge in [-0.3, -0.25) is 10.1 Å². The molecular formula is C22H31N7O2. The zero-order valence-corrected chi connectivity index (χ0v) is 18.6. The van der Waals surface area contributed by atoms with E-state index in [1.54, 1.807) is 6.20 Å². The molecule has 1 atom stereocenters. The third-order valence-electron chi connectivity index (χ3n) is 5.78. The molecule has 3 aromatic heterocycles. The van der Waals surface area contributed by atoms with Gasteiger partial charge in [0.15, 0.2) is 5.65 Å². The number of aryl methyl sites for hydroxylation is 2. The highest BCUT2D eigenvalue weighted by Gasteiger charge is 2.21. The first-order valence-corrected chi connectivity index (χ1v) is 10.8. The maximum atomic E-state index is 12.3. The van der Waals surface area contributed by atoms with Crippen molar-refractivity contribution in [3.8, 4) is 0 Å². The standard InChI is InChI=1S/C22H31N7O2/c1-13(2)29-20-18(12-25-29)16(10-19(27-20)28-7-5-23-6-8-28)21(30)24-11-17-14(3)9-15(4)26-22(17)31/h9-10,12-13,21,23-24,30H,5-8,11H2,1-4H3,(H,26,31). The van der Waals surface area contributed by atoms with E-state index in [9.17, 15) is 9.90 Å². The molecular weight excluding hydrogens is 394 g/mol. The molecule has 0 radical (unpaired) electrons. The first-order chi connectivity index (χ1) is 14.8. The normalized spacial score (nSPS) is 15.7. The Kier molecular flexibility index (Phi) is 6.08. The minimum absolute atomic E-state index is 0.133. The molecule has 3 aromatic rings. The van der Waals surface area contributed by atoms with Gasteiger partial charge in [0.1, 0.15) is 12.0 Å². The van der Waals surface area contributed by atoms with Crippen molar-refractivity contribution < 1.29 is 5.11 Å². The average Bonchev–Trinajstić information content (AvgIpc) is 3.17. The van der Waals surface area contributed by atoms with Gasteiger partial charge >= 0.3 is 0 Å². The lowest BCUT2D eigenvalue weighted by atomic mass is 10.1. The number of hydrogen-bond donors (Lipinski definition) is 4. The number of nitrogens with zero attached hydrogens (tertiary/aromatic N) is 4. The van der Waals surface area contributed by atoms with Crippen molar-refractivity contribution in [1.82, 2.24) is 30.4 Å². The van der Waals surface area contributed by atoms with Crippen molar-refractivity contribution in [3.05, 3.63) is 51.1 Å². The number of aromatic nitrogens is 4. The van der Waals surface area contributed by atoms with Crippen molar-refractivity contribution >= 4 is 16.9 Å². The lowest BCUT2D eigenvalue weighted by molar-refractivity contribution is 0.138. The van der Waals surface area contributed by atoms with E-state index in [0.29, 0.717) is 11.1 Å². The Morgan fingerprint density at radius 1 is 1.23 bits per heavy atom. The van der Waals surface area contributed by atoms with E-state index >= 15 is 0 Å². The highest BCUT2D eigenvalue weighted by Crippen LogP contribution is 2.28. The van der Waals surface area contributed by atoms with Gasteiger partial charge < -0.3 is 20.3 Å². The fourth-order valence-electron chi connectivity index (χ4n) is 4.10. The fraction of sp³-hybridized carbons (Fsp3) is 0.500. The second kappa shape index (κ2) is 8.78. The maximum Gasteiger partial charge on any atom is 0.252 e. The molecule has 166 valence electrons. The third kappa shape index (κ3) is 4.34. The maximum absolute atomic E-state index is 12.3. The number of hydrogen-bond acceptors (Lipinski definition) is 7. The molecule has 1 saturated heterocycles. The second-order valence-electron chi connectivity index (χ2n) is 8.45.